The van der Waals surface area contributed by atoms with E-state index in [0.717, 1.165) is 43.0 Å². The van der Waals surface area contributed by atoms with Crippen LogP contribution in [0.3, 0.4) is 0 Å². The van der Waals surface area contributed by atoms with Crippen molar-refractivity contribution in [2.45, 2.75) is 18.7 Å². The second kappa shape index (κ2) is 16.3. The largest absolute Gasteiger partial charge is 0.383 e. The molecule has 0 radical (unpaired) electrons. The fourth-order valence-corrected chi connectivity index (χ4v) is 8.35. The van der Waals surface area contributed by atoms with Gasteiger partial charge in [-0.25, -0.2) is 0 Å². The number of rotatable bonds is 10. The molecule has 0 amide bonds. The topological polar surface area (TPSA) is 18.5 Å². The van der Waals surface area contributed by atoms with Crippen LogP contribution in [0.25, 0.3) is 11.1 Å². The fourth-order valence-electron chi connectivity index (χ4n) is 8.35. The minimum atomic E-state index is 0.128. The lowest BCUT2D eigenvalue weighted by Crippen LogP contribution is -2.50. The van der Waals surface area contributed by atoms with Gasteiger partial charge in [-0.1, -0.05) is 175 Å². The van der Waals surface area contributed by atoms with Crippen LogP contribution in [0.1, 0.15) is 23.4 Å². The number of benzene rings is 8. The minimum Gasteiger partial charge on any atom is -0.383 e. The molecule has 0 saturated carbocycles. The Morgan fingerprint density at radius 1 is 0.536 bits per heavy atom. The van der Waals surface area contributed by atoms with Gasteiger partial charge in [0.05, 0.1) is 11.4 Å². The van der Waals surface area contributed by atoms with Crippen molar-refractivity contribution in [1.82, 2.24) is 0 Å². The van der Waals surface area contributed by atoms with E-state index in [9.17, 15) is 0 Å². The summed E-state index contributed by atoms with van der Waals surface area (Å²) in [6.45, 7) is 0.128. The van der Waals surface area contributed by atoms with Gasteiger partial charge in [0, 0.05) is 22.7 Å². The van der Waals surface area contributed by atoms with E-state index >= 15 is 0 Å². The third-order valence-corrected chi connectivity index (χ3v) is 11.1. The Labute approximate surface area is 332 Å². The number of nitrogens with zero attached hydrogens (tertiary/aromatic N) is 2. The molecule has 9 rings (SSSR count). The summed E-state index contributed by atoms with van der Waals surface area (Å²) in [7, 11) is 0.732. The molecule has 0 bridgehead atoms. The molecule has 0 aromatic heterocycles. The molecule has 1 heterocycles. The van der Waals surface area contributed by atoms with Crippen LogP contribution in [0.5, 0.6) is 0 Å². The highest BCUT2D eigenvalue weighted by Gasteiger charge is 2.39. The van der Waals surface area contributed by atoms with Crippen molar-refractivity contribution in [2.75, 3.05) is 14.9 Å². The Bertz CT molecular complexity index is 2480. The summed E-state index contributed by atoms with van der Waals surface area (Å²) >= 11 is 0. The van der Waals surface area contributed by atoms with Crippen LogP contribution in [0.15, 0.2) is 218 Å². The van der Waals surface area contributed by atoms with E-state index in [2.05, 4.69) is 227 Å². The minimum absolute atomic E-state index is 0.128. The van der Waals surface area contributed by atoms with Gasteiger partial charge in [0.1, 0.15) is 0 Å². The third kappa shape index (κ3) is 7.49. The first-order valence-corrected chi connectivity index (χ1v) is 19.7. The molecule has 8 aromatic carbocycles. The lowest BCUT2D eigenvalue weighted by Gasteiger charge is -2.36. The van der Waals surface area contributed by atoms with E-state index < -0.39 is 0 Å². The number of hydrogen-bond acceptors (Lipinski definition) is 3. The zero-order valence-corrected chi connectivity index (χ0v) is 31.5. The Morgan fingerprint density at radius 2 is 1.11 bits per heavy atom. The van der Waals surface area contributed by atoms with Crippen molar-refractivity contribution in [3.8, 4) is 11.1 Å². The number of fused-ring (bicyclic) bond motifs is 1. The summed E-state index contributed by atoms with van der Waals surface area (Å²) in [5.41, 5.74) is 14.7. The summed E-state index contributed by atoms with van der Waals surface area (Å²) < 4.78 is 0. The van der Waals surface area contributed by atoms with E-state index in [-0.39, 0.29) is 6.85 Å². The van der Waals surface area contributed by atoms with Crippen molar-refractivity contribution in [2.24, 2.45) is 0 Å². The van der Waals surface area contributed by atoms with Gasteiger partial charge < -0.3 is 14.9 Å². The Kier molecular flexibility index (Phi) is 10.2. The van der Waals surface area contributed by atoms with E-state index in [1.165, 1.54) is 44.6 Å². The molecule has 5 heteroatoms. The summed E-state index contributed by atoms with van der Waals surface area (Å²) in [5, 5.41) is 3.65. The van der Waals surface area contributed by atoms with Crippen LogP contribution in [0, 0.1) is 0 Å². The number of para-hydroxylation sites is 6. The zero-order chi connectivity index (χ0) is 37.5. The van der Waals surface area contributed by atoms with E-state index in [1.54, 1.807) is 0 Å². The first kappa shape index (κ1) is 35.0. The van der Waals surface area contributed by atoms with E-state index in [4.69, 9.17) is 0 Å². The van der Waals surface area contributed by atoms with Crippen molar-refractivity contribution in [1.29, 1.82) is 0 Å². The van der Waals surface area contributed by atoms with Crippen LogP contribution >= 0.6 is 0 Å². The maximum absolute atomic E-state index is 3.65. The molecule has 1 unspecified atom stereocenters. The highest BCUT2D eigenvalue weighted by molar-refractivity contribution is 6.79. The van der Waals surface area contributed by atoms with E-state index in [1.807, 2.05) is 6.07 Å². The van der Waals surface area contributed by atoms with E-state index in [0.29, 0.717) is 5.82 Å². The zero-order valence-electron chi connectivity index (χ0n) is 31.5. The van der Waals surface area contributed by atoms with Crippen LogP contribution < -0.4 is 25.9 Å². The first-order chi connectivity index (χ1) is 27.8. The highest BCUT2D eigenvalue weighted by atomic mass is 15.1. The maximum Gasteiger partial charge on any atom is 0.301 e. The fraction of sp³-hybridized carbons (Fsp3) is 0.0588. The number of hydrogen-bond donors (Lipinski definition) is 1. The average molecular weight is 720 g/mol. The van der Waals surface area contributed by atoms with Gasteiger partial charge >= 0.3 is 6.85 Å². The summed E-state index contributed by atoms with van der Waals surface area (Å²) in [4.78, 5) is 4.98. The molecule has 56 heavy (non-hydrogen) atoms. The van der Waals surface area contributed by atoms with Gasteiger partial charge in [0.2, 0.25) is 0 Å². The second-order valence-corrected chi connectivity index (χ2v) is 14.6. The smallest absolute Gasteiger partial charge is 0.301 e. The molecule has 0 saturated heterocycles. The normalized spacial score (nSPS) is 13.7. The first-order valence-electron chi connectivity index (χ1n) is 19.7. The summed E-state index contributed by atoms with van der Waals surface area (Å²) in [6.07, 6.45) is 2.11. The summed E-state index contributed by atoms with van der Waals surface area (Å²) in [5.74, 6) is 0.314. The molecular formula is C51H43B2N3. The van der Waals surface area contributed by atoms with Gasteiger partial charge in [-0.2, -0.15) is 0 Å². The highest BCUT2D eigenvalue weighted by Crippen LogP contribution is 2.40. The predicted octanol–water partition coefficient (Wildman–Crippen LogP) is 11.2. The van der Waals surface area contributed by atoms with Crippen molar-refractivity contribution < 1.29 is 0 Å². The molecular weight excluding hydrogens is 676 g/mol. The molecule has 0 aliphatic carbocycles. The van der Waals surface area contributed by atoms with Gasteiger partial charge in [-0.15, -0.1) is 0 Å². The quantitative estimate of drug-likeness (QED) is 0.142. The van der Waals surface area contributed by atoms with Gasteiger partial charge in [-0.3, -0.25) is 0 Å². The third-order valence-electron chi connectivity index (χ3n) is 11.1. The Balaban J connectivity index is 1.03. The van der Waals surface area contributed by atoms with Crippen molar-refractivity contribution in [3.05, 3.63) is 230 Å². The van der Waals surface area contributed by atoms with Gasteiger partial charge in [0.25, 0.3) is 7.41 Å². The number of anilines is 6. The Morgan fingerprint density at radius 3 is 1.82 bits per heavy atom. The maximum atomic E-state index is 3.65. The molecule has 1 aliphatic heterocycles. The lowest BCUT2D eigenvalue weighted by molar-refractivity contribution is 0.788. The second-order valence-electron chi connectivity index (χ2n) is 14.6. The number of nitrogens with one attached hydrogen (secondary N) is 1. The monoisotopic (exact) mass is 719 g/mol. The van der Waals surface area contributed by atoms with Crippen LogP contribution in [-0.4, -0.2) is 14.3 Å². The molecule has 1 N–H and O–H groups in total. The van der Waals surface area contributed by atoms with Gasteiger partial charge in [-0.05, 0) is 95.5 Å². The van der Waals surface area contributed by atoms with Gasteiger partial charge in [0.15, 0.2) is 0 Å². The van der Waals surface area contributed by atoms with Crippen LogP contribution in [-0.2, 0) is 6.42 Å². The predicted molar refractivity (Wildman–Crippen MR) is 241 cm³/mol. The molecule has 3 nitrogen and oxygen atoms in total. The van der Waals surface area contributed by atoms with Crippen molar-refractivity contribution >= 4 is 59.3 Å². The Hall–Kier alpha value is -6.71. The lowest BCUT2D eigenvalue weighted by atomic mass is 9.42. The molecule has 0 fully saturated rings. The average Bonchev–Trinajstić information content (AvgIpc) is 3.45. The van der Waals surface area contributed by atoms with Crippen LogP contribution in [0.4, 0.5) is 34.1 Å². The molecule has 8 aromatic rings. The standard InChI is InChI=1S/C51H43B2N3/c1-5-17-41(18-6-1)48-38-33-42-19-13-15-27-50(42)56(47-24-11-4-12-25-47)53(48)44-36-31-40(32-37-44)39-29-34-43(35-30-39)52-55(46-22-9-3-10-23-46)51-28-16-14-26-49(51)54-45-20-7-2-8-21-45/h1-32,34-37,48,52,54H,33,38H2. The SMILES string of the molecule is B(c1ccc(-c2ccc(B3C(c4ccccc4)CCc4ccccc4N3c3ccccc3)cc2)cc1)N(c1ccccc1)c1ccccc1Nc1ccccc1. The number of aryl methyl sites for hydroxylation is 1. The molecule has 0 spiro atoms. The van der Waals surface area contributed by atoms with Crippen LogP contribution in [0.2, 0.25) is 0 Å². The molecule has 1 aliphatic rings. The molecule has 1 atom stereocenters. The van der Waals surface area contributed by atoms with Crippen molar-refractivity contribution in [3.63, 3.8) is 0 Å². The summed E-state index contributed by atoms with van der Waals surface area (Å²) in [6, 6.07) is 79.0. The molecule has 268 valence electrons.